The summed E-state index contributed by atoms with van der Waals surface area (Å²) >= 11 is 0. The van der Waals surface area contributed by atoms with Crippen LogP contribution in [0.25, 0.3) is 0 Å². The van der Waals surface area contributed by atoms with Gasteiger partial charge in [-0.1, -0.05) is 29.5 Å². The molecule has 1 saturated heterocycles. The fourth-order valence-electron chi connectivity index (χ4n) is 3.63. The summed E-state index contributed by atoms with van der Waals surface area (Å²) in [5, 5.41) is 18.9. The molecule has 1 aromatic carbocycles. The highest BCUT2D eigenvalue weighted by molar-refractivity contribution is 5.93. The monoisotopic (exact) mass is 415 g/mol. The van der Waals surface area contributed by atoms with Gasteiger partial charge in [0.1, 0.15) is 0 Å². The molecule has 9 heteroatoms. The van der Waals surface area contributed by atoms with Gasteiger partial charge in [0.15, 0.2) is 5.69 Å². The van der Waals surface area contributed by atoms with Crippen molar-refractivity contribution in [2.24, 2.45) is 0 Å². The summed E-state index contributed by atoms with van der Waals surface area (Å²) in [6.07, 6.45) is 5.72. The van der Waals surface area contributed by atoms with Crippen molar-refractivity contribution >= 4 is 18.3 Å². The van der Waals surface area contributed by atoms with Crippen LogP contribution in [-0.2, 0) is 13.1 Å². The molecule has 4 rings (SSSR count). The van der Waals surface area contributed by atoms with E-state index in [2.05, 4.69) is 38.2 Å². The molecule has 0 atom stereocenters. The van der Waals surface area contributed by atoms with Gasteiger partial charge in [-0.05, 0) is 50.0 Å². The minimum absolute atomic E-state index is 0. The molecule has 1 amide bonds. The van der Waals surface area contributed by atoms with E-state index in [1.54, 1.807) is 6.20 Å². The summed E-state index contributed by atoms with van der Waals surface area (Å²) in [7, 11) is 0. The minimum Gasteiger partial charge on any atom is -0.347 e. The maximum Gasteiger partial charge on any atom is 0.274 e. The van der Waals surface area contributed by atoms with Crippen molar-refractivity contribution in [2.75, 3.05) is 13.1 Å². The van der Waals surface area contributed by atoms with Gasteiger partial charge in [0.2, 0.25) is 0 Å². The molecule has 0 saturated carbocycles. The van der Waals surface area contributed by atoms with E-state index < -0.39 is 0 Å². The minimum atomic E-state index is -0.185. The van der Waals surface area contributed by atoms with Crippen LogP contribution in [0.2, 0.25) is 0 Å². The Morgan fingerprint density at radius 3 is 2.79 bits per heavy atom. The number of nitrogens with one attached hydrogen (secondary N) is 2. The van der Waals surface area contributed by atoms with Crippen molar-refractivity contribution in [3.05, 3.63) is 65.2 Å². The van der Waals surface area contributed by atoms with Crippen LogP contribution in [0.1, 0.15) is 46.2 Å². The number of rotatable bonds is 6. The van der Waals surface area contributed by atoms with Gasteiger partial charge >= 0.3 is 0 Å². The van der Waals surface area contributed by atoms with Crippen LogP contribution >= 0.6 is 12.4 Å². The molecule has 1 fully saturated rings. The highest BCUT2D eigenvalue weighted by Gasteiger charge is 2.22. The Bertz CT molecular complexity index is 932. The van der Waals surface area contributed by atoms with Gasteiger partial charge in [-0.15, -0.1) is 17.5 Å². The number of carbonyl (C=O) groups excluding carboxylic acids is 1. The van der Waals surface area contributed by atoms with E-state index in [9.17, 15) is 4.79 Å². The third kappa shape index (κ3) is 5.02. The number of nitrogens with zero attached hydrogens (tertiary/aromatic N) is 5. The molecule has 8 nitrogen and oxygen atoms in total. The summed E-state index contributed by atoms with van der Waals surface area (Å²) in [6.45, 7) is 5.02. The van der Waals surface area contributed by atoms with Gasteiger partial charge in [0, 0.05) is 18.9 Å². The standard InChI is InChI=1S/C20H25N7O.ClH/c1-15-19(24-25-27(15)18-6-9-21-10-7-18)20(28)22-13-16-4-2-5-17(12-16)14-26-11-3-8-23-26;/h2-5,8,11-12,18,21H,6-7,9-10,13-14H2,1H3,(H,22,28);1H. The average molecular weight is 416 g/mol. The third-order valence-electron chi connectivity index (χ3n) is 5.15. The molecule has 2 N–H and O–H groups in total. The van der Waals surface area contributed by atoms with E-state index in [1.807, 2.05) is 40.7 Å². The molecule has 29 heavy (non-hydrogen) atoms. The summed E-state index contributed by atoms with van der Waals surface area (Å²) < 4.78 is 3.78. The SMILES string of the molecule is Cc1c(C(=O)NCc2cccc(Cn3cccn3)c2)nnn1C1CCNCC1.Cl. The molecule has 0 bridgehead atoms. The zero-order chi connectivity index (χ0) is 19.3. The van der Waals surface area contributed by atoms with E-state index >= 15 is 0 Å². The average Bonchev–Trinajstić information content (AvgIpc) is 3.37. The molecule has 1 aliphatic rings. The smallest absolute Gasteiger partial charge is 0.274 e. The maximum atomic E-state index is 12.6. The zero-order valence-electron chi connectivity index (χ0n) is 16.4. The van der Waals surface area contributed by atoms with E-state index in [0.29, 0.717) is 24.8 Å². The summed E-state index contributed by atoms with van der Waals surface area (Å²) in [4.78, 5) is 12.6. The van der Waals surface area contributed by atoms with Gasteiger partial charge in [0.05, 0.1) is 18.3 Å². The first-order valence-electron chi connectivity index (χ1n) is 9.66. The molecule has 0 aliphatic carbocycles. The number of benzene rings is 1. The van der Waals surface area contributed by atoms with Crippen LogP contribution in [0.4, 0.5) is 0 Å². The van der Waals surface area contributed by atoms with E-state index in [4.69, 9.17) is 0 Å². The van der Waals surface area contributed by atoms with Gasteiger partial charge < -0.3 is 10.6 Å². The predicted octanol–water partition coefficient (Wildman–Crippen LogP) is 2.11. The molecular weight excluding hydrogens is 390 g/mol. The summed E-state index contributed by atoms with van der Waals surface area (Å²) in [6, 6.07) is 10.4. The highest BCUT2D eigenvalue weighted by atomic mass is 35.5. The molecule has 0 radical (unpaired) electrons. The van der Waals surface area contributed by atoms with Gasteiger partial charge in [-0.2, -0.15) is 5.10 Å². The fraction of sp³-hybridized carbons (Fsp3) is 0.400. The lowest BCUT2D eigenvalue weighted by atomic mass is 10.1. The number of carbonyl (C=O) groups is 1. The molecule has 0 unspecified atom stereocenters. The lowest BCUT2D eigenvalue weighted by molar-refractivity contribution is 0.0945. The Labute approximate surface area is 176 Å². The quantitative estimate of drug-likeness (QED) is 0.643. The van der Waals surface area contributed by atoms with Gasteiger partial charge in [0.25, 0.3) is 5.91 Å². The number of hydrogen-bond acceptors (Lipinski definition) is 5. The number of amides is 1. The second kappa shape index (κ2) is 9.67. The zero-order valence-corrected chi connectivity index (χ0v) is 17.2. The van der Waals surface area contributed by atoms with Crippen LogP contribution in [0.15, 0.2) is 42.7 Å². The number of hydrogen-bond donors (Lipinski definition) is 2. The Morgan fingerprint density at radius 2 is 2.03 bits per heavy atom. The molecular formula is C20H26ClN7O. The highest BCUT2D eigenvalue weighted by Crippen LogP contribution is 2.20. The van der Waals surface area contributed by atoms with Crippen molar-refractivity contribution in [2.45, 2.75) is 38.9 Å². The molecule has 154 valence electrons. The van der Waals surface area contributed by atoms with Crippen molar-refractivity contribution in [1.82, 2.24) is 35.4 Å². The van der Waals surface area contributed by atoms with Crippen LogP contribution in [-0.4, -0.2) is 43.8 Å². The molecule has 1 aliphatic heterocycles. The Kier molecular flexibility index (Phi) is 7.00. The Morgan fingerprint density at radius 1 is 1.24 bits per heavy atom. The first-order valence-corrected chi connectivity index (χ1v) is 9.66. The first kappa shape index (κ1) is 21.0. The second-order valence-corrected chi connectivity index (χ2v) is 7.16. The van der Waals surface area contributed by atoms with Gasteiger partial charge in [-0.3, -0.25) is 9.48 Å². The van der Waals surface area contributed by atoms with Gasteiger partial charge in [-0.25, -0.2) is 4.68 Å². The van der Waals surface area contributed by atoms with Crippen molar-refractivity contribution in [3.63, 3.8) is 0 Å². The lowest BCUT2D eigenvalue weighted by Gasteiger charge is -2.23. The second-order valence-electron chi connectivity index (χ2n) is 7.16. The van der Waals surface area contributed by atoms with Crippen LogP contribution in [0.5, 0.6) is 0 Å². The van der Waals surface area contributed by atoms with Crippen LogP contribution < -0.4 is 10.6 Å². The van der Waals surface area contributed by atoms with Crippen molar-refractivity contribution in [1.29, 1.82) is 0 Å². The topological polar surface area (TPSA) is 89.7 Å². The number of aromatic nitrogens is 5. The summed E-state index contributed by atoms with van der Waals surface area (Å²) in [5.41, 5.74) is 3.42. The summed E-state index contributed by atoms with van der Waals surface area (Å²) in [5.74, 6) is -0.185. The van der Waals surface area contributed by atoms with Crippen LogP contribution in [0, 0.1) is 6.92 Å². The normalized spacial score (nSPS) is 14.4. The third-order valence-corrected chi connectivity index (χ3v) is 5.15. The van der Waals surface area contributed by atoms with Crippen molar-refractivity contribution in [3.8, 4) is 0 Å². The van der Waals surface area contributed by atoms with E-state index in [1.165, 1.54) is 0 Å². The molecule has 3 heterocycles. The number of piperidine rings is 1. The maximum absolute atomic E-state index is 12.6. The Hall–Kier alpha value is -2.71. The number of halogens is 1. The van der Waals surface area contributed by atoms with E-state index in [-0.39, 0.29) is 18.3 Å². The first-order chi connectivity index (χ1) is 13.7. The predicted molar refractivity (Wildman–Crippen MR) is 112 cm³/mol. The Balaban J connectivity index is 0.00000240. The fourth-order valence-corrected chi connectivity index (χ4v) is 3.63. The van der Waals surface area contributed by atoms with Crippen LogP contribution in [0.3, 0.4) is 0 Å². The van der Waals surface area contributed by atoms with Crippen molar-refractivity contribution < 1.29 is 4.79 Å². The largest absolute Gasteiger partial charge is 0.347 e. The molecule has 0 spiro atoms. The molecule has 2 aromatic heterocycles. The molecule has 3 aromatic rings. The van der Waals surface area contributed by atoms with E-state index in [0.717, 1.165) is 42.8 Å². The lowest BCUT2D eigenvalue weighted by Crippen LogP contribution is -2.30.